The Bertz CT molecular complexity index is 282. The molecule has 0 fully saturated rings. The fourth-order valence-corrected chi connectivity index (χ4v) is 1.51. The average molecular weight is 222 g/mol. The fraction of sp³-hybridized carbons (Fsp3) is 0.538. The smallest absolute Gasteiger partial charge is 0.0431 e. The molecule has 1 aromatic rings. The molecule has 0 bridgehead atoms. The van der Waals surface area contributed by atoms with Gasteiger partial charge in [0.05, 0.1) is 0 Å². The Hall–Kier alpha value is -1.06. The van der Waals surface area contributed by atoms with Crippen LogP contribution in [0.25, 0.3) is 0 Å². The van der Waals surface area contributed by atoms with Gasteiger partial charge >= 0.3 is 0 Å². The number of anilines is 1. The molecule has 3 heteroatoms. The molecule has 0 aliphatic rings. The van der Waals surface area contributed by atoms with Crippen molar-refractivity contribution in [2.24, 2.45) is 0 Å². The molecule has 3 nitrogen and oxygen atoms in total. The SMILES string of the molecule is CN(C)c1ccc(CNCCCCO)cc1. The maximum absolute atomic E-state index is 8.63. The van der Waals surface area contributed by atoms with E-state index in [9.17, 15) is 0 Å². The largest absolute Gasteiger partial charge is 0.396 e. The highest BCUT2D eigenvalue weighted by molar-refractivity contribution is 5.45. The molecule has 0 aromatic heterocycles. The maximum atomic E-state index is 8.63. The molecular weight excluding hydrogens is 200 g/mol. The summed E-state index contributed by atoms with van der Waals surface area (Å²) in [6, 6.07) is 8.55. The number of unbranched alkanes of at least 4 members (excludes halogenated alkanes) is 1. The third-order valence-electron chi connectivity index (χ3n) is 2.54. The van der Waals surface area contributed by atoms with Gasteiger partial charge in [0.1, 0.15) is 0 Å². The second kappa shape index (κ2) is 7.25. The van der Waals surface area contributed by atoms with E-state index < -0.39 is 0 Å². The van der Waals surface area contributed by atoms with Crippen LogP contribution in [0.3, 0.4) is 0 Å². The van der Waals surface area contributed by atoms with E-state index in [1.807, 2.05) is 14.1 Å². The molecule has 0 atom stereocenters. The van der Waals surface area contributed by atoms with Gasteiger partial charge in [-0.25, -0.2) is 0 Å². The first-order valence-corrected chi connectivity index (χ1v) is 5.82. The number of aliphatic hydroxyl groups excluding tert-OH is 1. The first kappa shape index (κ1) is 13.0. The van der Waals surface area contributed by atoms with Crippen molar-refractivity contribution in [3.63, 3.8) is 0 Å². The van der Waals surface area contributed by atoms with Crippen LogP contribution in [0.1, 0.15) is 18.4 Å². The van der Waals surface area contributed by atoms with Gasteiger partial charge in [-0.15, -0.1) is 0 Å². The Morgan fingerprint density at radius 2 is 1.81 bits per heavy atom. The molecule has 0 aliphatic carbocycles. The van der Waals surface area contributed by atoms with Gasteiger partial charge in [-0.3, -0.25) is 0 Å². The van der Waals surface area contributed by atoms with Crippen LogP contribution in [0, 0.1) is 0 Å². The molecule has 0 spiro atoms. The van der Waals surface area contributed by atoms with Crippen LogP contribution in [0.2, 0.25) is 0 Å². The van der Waals surface area contributed by atoms with Gasteiger partial charge in [0, 0.05) is 32.9 Å². The van der Waals surface area contributed by atoms with Crippen molar-refractivity contribution in [3.05, 3.63) is 29.8 Å². The average Bonchev–Trinajstić information content (AvgIpc) is 2.29. The number of hydrogen-bond donors (Lipinski definition) is 2. The number of aliphatic hydroxyl groups is 1. The Balaban J connectivity index is 2.27. The Morgan fingerprint density at radius 1 is 1.12 bits per heavy atom. The number of nitrogens with one attached hydrogen (secondary N) is 1. The van der Waals surface area contributed by atoms with E-state index in [-0.39, 0.29) is 0 Å². The molecule has 2 N–H and O–H groups in total. The minimum atomic E-state index is 0.291. The van der Waals surface area contributed by atoms with Crippen LogP contribution in [-0.4, -0.2) is 32.4 Å². The van der Waals surface area contributed by atoms with Crippen molar-refractivity contribution in [2.75, 3.05) is 32.1 Å². The van der Waals surface area contributed by atoms with Crippen LogP contribution in [0.5, 0.6) is 0 Å². The van der Waals surface area contributed by atoms with Gasteiger partial charge in [-0.2, -0.15) is 0 Å². The number of nitrogens with zero attached hydrogens (tertiary/aromatic N) is 1. The van der Waals surface area contributed by atoms with Crippen molar-refractivity contribution in [3.8, 4) is 0 Å². The zero-order valence-electron chi connectivity index (χ0n) is 10.2. The Kier molecular flexibility index (Phi) is 5.90. The quantitative estimate of drug-likeness (QED) is 0.688. The summed E-state index contributed by atoms with van der Waals surface area (Å²) in [4.78, 5) is 2.10. The zero-order valence-corrected chi connectivity index (χ0v) is 10.2. The topological polar surface area (TPSA) is 35.5 Å². The van der Waals surface area contributed by atoms with Crippen molar-refractivity contribution in [1.29, 1.82) is 0 Å². The molecule has 0 unspecified atom stereocenters. The highest BCUT2D eigenvalue weighted by Gasteiger charge is 1.95. The highest BCUT2D eigenvalue weighted by Crippen LogP contribution is 2.11. The normalized spacial score (nSPS) is 10.4. The summed E-state index contributed by atoms with van der Waals surface area (Å²) in [6.07, 6.45) is 1.92. The lowest BCUT2D eigenvalue weighted by molar-refractivity contribution is 0.283. The molecule has 0 aliphatic heterocycles. The van der Waals surface area contributed by atoms with E-state index in [1.54, 1.807) is 0 Å². The minimum absolute atomic E-state index is 0.291. The zero-order chi connectivity index (χ0) is 11.8. The molecule has 1 aromatic carbocycles. The van der Waals surface area contributed by atoms with Gasteiger partial charge in [0.25, 0.3) is 0 Å². The summed E-state index contributed by atoms with van der Waals surface area (Å²) in [5, 5.41) is 12.0. The number of hydrogen-bond acceptors (Lipinski definition) is 3. The molecule has 1 rings (SSSR count). The third kappa shape index (κ3) is 4.64. The summed E-state index contributed by atoms with van der Waals surface area (Å²) in [5.74, 6) is 0. The second-order valence-electron chi connectivity index (χ2n) is 4.17. The molecule has 0 saturated heterocycles. The van der Waals surface area contributed by atoms with E-state index in [1.165, 1.54) is 11.3 Å². The summed E-state index contributed by atoms with van der Waals surface area (Å²) < 4.78 is 0. The van der Waals surface area contributed by atoms with E-state index in [0.29, 0.717) is 6.61 Å². The third-order valence-corrected chi connectivity index (χ3v) is 2.54. The van der Waals surface area contributed by atoms with Crippen LogP contribution in [0.15, 0.2) is 24.3 Å². The van der Waals surface area contributed by atoms with Gasteiger partial charge in [-0.1, -0.05) is 12.1 Å². The standard InChI is InChI=1S/C13H22N2O/c1-15(2)13-7-5-12(6-8-13)11-14-9-3-4-10-16/h5-8,14,16H,3-4,9-11H2,1-2H3. The molecule has 0 radical (unpaired) electrons. The Morgan fingerprint density at radius 3 is 2.38 bits per heavy atom. The second-order valence-corrected chi connectivity index (χ2v) is 4.17. The van der Waals surface area contributed by atoms with E-state index >= 15 is 0 Å². The molecular formula is C13H22N2O. The van der Waals surface area contributed by atoms with Gasteiger partial charge < -0.3 is 15.3 Å². The van der Waals surface area contributed by atoms with E-state index in [4.69, 9.17) is 5.11 Å². The molecule has 90 valence electrons. The first-order chi connectivity index (χ1) is 7.74. The minimum Gasteiger partial charge on any atom is -0.396 e. The summed E-state index contributed by atoms with van der Waals surface area (Å²) in [6.45, 7) is 2.16. The van der Waals surface area contributed by atoms with Crippen LogP contribution in [-0.2, 0) is 6.54 Å². The van der Waals surface area contributed by atoms with Crippen LogP contribution in [0.4, 0.5) is 5.69 Å². The van der Waals surface area contributed by atoms with Gasteiger partial charge in [0.15, 0.2) is 0 Å². The van der Waals surface area contributed by atoms with Crippen LogP contribution < -0.4 is 10.2 Å². The lowest BCUT2D eigenvalue weighted by atomic mass is 10.2. The van der Waals surface area contributed by atoms with Crippen molar-refractivity contribution >= 4 is 5.69 Å². The lowest BCUT2D eigenvalue weighted by Gasteiger charge is -2.12. The molecule has 0 amide bonds. The summed E-state index contributed by atoms with van der Waals surface area (Å²) in [7, 11) is 4.09. The predicted octanol–water partition coefficient (Wildman–Crippen LogP) is 1.61. The number of benzene rings is 1. The molecule has 0 heterocycles. The monoisotopic (exact) mass is 222 g/mol. The first-order valence-electron chi connectivity index (χ1n) is 5.82. The van der Waals surface area contributed by atoms with E-state index in [0.717, 1.165) is 25.9 Å². The Labute approximate surface area is 98.1 Å². The summed E-state index contributed by atoms with van der Waals surface area (Å²) >= 11 is 0. The van der Waals surface area contributed by atoms with Crippen molar-refractivity contribution in [1.82, 2.24) is 5.32 Å². The van der Waals surface area contributed by atoms with Crippen molar-refractivity contribution < 1.29 is 5.11 Å². The molecule has 0 saturated carbocycles. The fourth-order valence-electron chi connectivity index (χ4n) is 1.51. The van der Waals surface area contributed by atoms with E-state index in [2.05, 4.69) is 34.5 Å². The maximum Gasteiger partial charge on any atom is 0.0431 e. The van der Waals surface area contributed by atoms with Gasteiger partial charge in [-0.05, 0) is 37.1 Å². The predicted molar refractivity (Wildman–Crippen MR) is 68.8 cm³/mol. The lowest BCUT2D eigenvalue weighted by Crippen LogP contribution is -2.15. The highest BCUT2D eigenvalue weighted by atomic mass is 16.2. The molecule has 16 heavy (non-hydrogen) atoms. The van der Waals surface area contributed by atoms with Gasteiger partial charge in [0.2, 0.25) is 0 Å². The van der Waals surface area contributed by atoms with Crippen molar-refractivity contribution in [2.45, 2.75) is 19.4 Å². The number of rotatable bonds is 7. The summed E-state index contributed by atoms with van der Waals surface area (Å²) in [5.41, 5.74) is 2.53. The van der Waals surface area contributed by atoms with Crippen LogP contribution >= 0.6 is 0 Å².